The Hall–Kier alpha value is -1.74. The van der Waals surface area contributed by atoms with Gasteiger partial charge in [0, 0.05) is 11.5 Å². The van der Waals surface area contributed by atoms with Gasteiger partial charge in [0.15, 0.2) is 0 Å². The molecule has 0 unspecified atom stereocenters. The molecule has 0 bridgehead atoms. The fourth-order valence-electron chi connectivity index (χ4n) is 2.29. The summed E-state index contributed by atoms with van der Waals surface area (Å²) in [5, 5.41) is 0. The van der Waals surface area contributed by atoms with Crippen molar-refractivity contribution in [2.75, 3.05) is 7.11 Å². The highest BCUT2D eigenvalue weighted by Crippen LogP contribution is 2.20. The molecule has 21 heavy (non-hydrogen) atoms. The number of methoxy groups -OCH3 is 1. The second kappa shape index (κ2) is 7.32. The van der Waals surface area contributed by atoms with Gasteiger partial charge >= 0.3 is 5.97 Å². The molecule has 0 aromatic heterocycles. The summed E-state index contributed by atoms with van der Waals surface area (Å²) in [7, 11) is 1.40. The van der Waals surface area contributed by atoms with Crippen LogP contribution in [0.5, 0.6) is 0 Å². The number of thioether (sulfide) groups is 1. The van der Waals surface area contributed by atoms with Crippen LogP contribution in [0, 0.1) is 13.8 Å². The third-order valence-electron chi connectivity index (χ3n) is 3.19. The molecular weight excluding hydrogens is 280 g/mol. The summed E-state index contributed by atoms with van der Waals surface area (Å²) in [6, 6.07) is 14.3. The SMILES string of the molecule is COC(=O)c1ccc(CSCc2cc(C)cc(C)c2)cc1. The highest BCUT2D eigenvalue weighted by atomic mass is 32.2. The maximum absolute atomic E-state index is 11.4. The monoisotopic (exact) mass is 300 g/mol. The predicted molar refractivity (Wildman–Crippen MR) is 88.7 cm³/mol. The summed E-state index contributed by atoms with van der Waals surface area (Å²) >= 11 is 1.88. The number of carbonyl (C=O) groups excluding carboxylic acids is 1. The molecule has 0 fully saturated rings. The highest BCUT2D eigenvalue weighted by molar-refractivity contribution is 7.97. The predicted octanol–water partition coefficient (Wildman–Crippen LogP) is 4.52. The standard InChI is InChI=1S/C18H20O2S/c1-13-8-14(2)10-16(9-13)12-21-11-15-4-6-17(7-5-15)18(19)20-3/h4-10H,11-12H2,1-3H3. The third kappa shape index (κ3) is 4.64. The van der Waals surface area contributed by atoms with Gasteiger partial charge in [0.2, 0.25) is 0 Å². The van der Waals surface area contributed by atoms with Gasteiger partial charge in [0.1, 0.15) is 0 Å². The fourth-order valence-corrected chi connectivity index (χ4v) is 3.23. The summed E-state index contributed by atoms with van der Waals surface area (Å²) in [6.07, 6.45) is 0. The molecule has 0 saturated carbocycles. The van der Waals surface area contributed by atoms with Gasteiger partial charge in [-0.15, -0.1) is 0 Å². The molecule has 0 N–H and O–H groups in total. The van der Waals surface area contributed by atoms with E-state index < -0.39 is 0 Å². The molecule has 0 heterocycles. The highest BCUT2D eigenvalue weighted by Gasteiger charge is 2.04. The van der Waals surface area contributed by atoms with Crippen molar-refractivity contribution in [1.29, 1.82) is 0 Å². The fraction of sp³-hybridized carbons (Fsp3) is 0.278. The maximum Gasteiger partial charge on any atom is 0.337 e. The van der Waals surface area contributed by atoms with Crippen LogP contribution >= 0.6 is 11.8 Å². The first-order valence-corrected chi connectivity index (χ1v) is 8.06. The van der Waals surface area contributed by atoms with Gasteiger partial charge in [-0.05, 0) is 37.1 Å². The number of aryl methyl sites for hydroxylation is 2. The van der Waals surface area contributed by atoms with Crippen LogP contribution in [0.2, 0.25) is 0 Å². The lowest BCUT2D eigenvalue weighted by molar-refractivity contribution is 0.0600. The number of hydrogen-bond acceptors (Lipinski definition) is 3. The van der Waals surface area contributed by atoms with E-state index in [4.69, 9.17) is 4.74 Å². The maximum atomic E-state index is 11.4. The van der Waals surface area contributed by atoms with E-state index in [1.165, 1.54) is 29.4 Å². The Kier molecular flexibility index (Phi) is 5.45. The quantitative estimate of drug-likeness (QED) is 0.759. The van der Waals surface area contributed by atoms with Gasteiger partial charge in [-0.2, -0.15) is 11.8 Å². The lowest BCUT2D eigenvalue weighted by Gasteiger charge is -2.06. The summed E-state index contributed by atoms with van der Waals surface area (Å²) in [6.45, 7) is 4.26. The van der Waals surface area contributed by atoms with Crippen LogP contribution in [0.25, 0.3) is 0 Å². The van der Waals surface area contributed by atoms with Crippen LogP contribution in [-0.2, 0) is 16.2 Å². The zero-order valence-corrected chi connectivity index (χ0v) is 13.5. The molecule has 0 aliphatic rings. The molecule has 110 valence electrons. The Morgan fingerprint density at radius 3 is 2.10 bits per heavy atom. The number of ether oxygens (including phenoxy) is 1. The van der Waals surface area contributed by atoms with E-state index in [0.29, 0.717) is 5.56 Å². The zero-order chi connectivity index (χ0) is 15.2. The second-order valence-electron chi connectivity index (χ2n) is 5.18. The van der Waals surface area contributed by atoms with Crippen molar-refractivity contribution < 1.29 is 9.53 Å². The molecule has 0 spiro atoms. The molecule has 2 aromatic carbocycles. The summed E-state index contributed by atoms with van der Waals surface area (Å²) in [4.78, 5) is 11.4. The third-order valence-corrected chi connectivity index (χ3v) is 4.27. The van der Waals surface area contributed by atoms with Crippen molar-refractivity contribution in [1.82, 2.24) is 0 Å². The molecular formula is C18H20O2S. The molecule has 2 rings (SSSR count). The summed E-state index contributed by atoms with van der Waals surface area (Å²) in [5.41, 5.74) is 5.81. The van der Waals surface area contributed by atoms with Crippen molar-refractivity contribution in [3.63, 3.8) is 0 Å². The van der Waals surface area contributed by atoms with Crippen molar-refractivity contribution >= 4 is 17.7 Å². The number of carbonyl (C=O) groups is 1. The first-order valence-electron chi connectivity index (χ1n) is 6.90. The van der Waals surface area contributed by atoms with Gasteiger partial charge in [0.25, 0.3) is 0 Å². The summed E-state index contributed by atoms with van der Waals surface area (Å²) in [5.74, 6) is 1.65. The first kappa shape index (κ1) is 15.6. The molecule has 0 aliphatic heterocycles. The molecule has 2 aromatic rings. The Morgan fingerprint density at radius 2 is 1.52 bits per heavy atom. The molecule has 0 amide bonds. The number of hydrogen-bond donors (Lipinski definition) is 0. The minimum absolute atomic E-state index is 0.288. The van der Waals surface area contributed by atoms with Crippen LogP contribution in [0.3, 0.4) is 0 Å². The number of esters is 1. The smallest absolute Gasteiger partial charge is 0.337 e. The van der Waals surface area contributed by atoms with E-state index in [1.54, 1.807) is 0 Å². The topological polar surface area (TPSA) is 26.3 Å². The van der Waals surface area contributed by atoms with Gasteiger partial charge in [-0.3, -0.25) is 0 Å². The summed E-state index contributed by atoms with van der Waals surface area (Å²) < 4.78 is 4.69. The van der Waals surface area contributed by atoms with Crippen LogP contribution < -0.4 is 0 Å². The van der Waals surface area contributed by atoms with Crippen LogP contribution in [-0.4, -0.2) is 13.1 Å². The van der Waals surface area contributed by atoms with Crippen molar-refractivity contribution in [2.45, 2.75) is 25.4 Å². The van der Waals surface area contributed by atoms with E-state index in [-0.39, 0.29) is 5.97 Å². The van der Waals surface area contributed by atoms with Crippen LogP contribution in [0.15, 0.2) is 42.5 Å². The lowest BCUT2D eigenvalue weighted by Crippen LogP contribution is -2.00. The normalized spacial score (nSPS) is 10.4. The average molecular weight is 300 g/mol. The van der Waals surface area contributed by atoms with E-state index in [2.05, 4.69) is 32.0 Å². The van der Waals surface area contributed by atoms with Gasteiger partial charge in [0.05, 0.1) is 12.7 Å². The molecule has 0 aliphatic carbocycles. The number of benzene rings is 2. The zero-order valence-electron chi connectivity index (χ0n) is 12.7. The van der Waals surface area contributed by atoms with Gasteiger partial charge in [-0.25, -0.2) is 4.79 Å². The van der Waals surface area contributed by atoms with E-state index in [0.717, 1.165) is 11.5 Å². The average Bonchev–Trinajstić information content (AvgIpc) is 2.46. The molecule has 2 nitrogen and oxygen atoms in total. The Bertz CT molecular complexity index is 597. The first-order chi connectivity index (χ1) is 10.1. The Morgan fingerprint density at radius 1 is 0.952 bits per heavy atom. The molecule has 0 atom stereocenters. The van der Waals surface area contributed by atoms with Crippen LogP contribution in [0.1, 0.15) is 32.6 Å². The van der Waals surface area contributed by atoms with Crippen molar-refractivity contribution in [2.24, 2.45) is 0 Å². The minimum Gasteiger partial charge on any atom is -0.465 e. The molecule has 0 radical (unpaired) electrons. The number of rotatable bonds is 5. The second-order valence-corrected chi connectivity index (χ2v) is 6.16. The van der Waals surface area contributed by atoms with Gasteiger partial charge < -0.3 is 4.74 Å². The largest absolute Gasteiger partial charge is 0.465 e. The van der Waals surface area contributed by atoms with Crippen molar-refractivity contribution in [3.8, 4) is 0 Å². The molecule has 0 saturated heterocycles. The van der Waals surface area contributed by atoms with Crippen LogP contribution in [0.4, 0.5) is 0 Å². The Labute approximate surface area is 130 Å². The van der Waals surface area contributed by atoms with E-state index >= 15 is 0 Å². The van der Waals surface area contributed by atoms with E-state index in [1.807, 2.05) is 36.0 Å². The minimum atomic E-state index is -0.288. The molecule has 3 heteroatoms. The Balaban J connectivity index is 1.90. The van der Waals surface area contributed by atoms with E-state index in [9.17, 15) is 4.79 Å². The van der Waals surface area contributed by atoms with Gasteiger partial charge in [-0.1, -0.05) is 41.5 Å². The lowest BCUT2D eigenvalue weighted by atomic mass is 10.1. The van der Waals surface area contributed by atoms with Crippen molar-refractivity contribution in [3.05, 3.63) is 70.3 Å².